The first kappa shape index (κ1) is 14.4. The molecular formula is C17H14N2O2S2. The van der Waals surface area contributed by atoms with E-state index in [1.807, 2.05) is 47.5 Å². The van der Waals surface area contributed by atoms with Gasteiger partial charge in [-0.2, -0.15) is 0 Å². The van der Waals surface area contributed by atoms with Gasteiger partial charge in [-0.25, -0.2) is 8.42 Å². The average molecular weight is 342 g/mol. The quantitative estimate of drug-likeness (QED) is 0.841. The molecule has 0 amide bonds. The standard InChI is InChI=1S/C17H14N2O2S2/c20-23(21)12-11-19-10-4-7-14(17(19)18-23)16-9-8-15(22-16)13-5-2-1-3-6-13/h1-10H,11-12H2. The third-order valence-electron chi connectivity index (χ3n) is 3.79. The number of hydrogen-bond acceptors (Lipinski definition) is 4. The first-order valence-electron chi connectivity index (χ1n) is 7.26. The van der Waals surface area contributed by atoms with Gasteiger partial charge in [0.15, 0.2) is 5.84 Å². The van der Waals surface area contributed by atoms with Crippen LogP contribution in [-0.2, 0) is 10.0 Å². The molecule has 0 fully saturated rings. The Morgan fingerprint density at radius 1 is 1.04 bits per heavy atom. The molecule has 2 aliphatic heterocycles. The average Bonchev–Trinajstić information content (AvgIpc) is 3.04. The van der Waals surface area contributed by atoms with Crippen molar-refractivity contribution in [2.24, 2.45) is 4.40 Å². The van der Waals surface area contributed by atoms with Gasteiger partial charge in [-0.05, 0) is 29.8 Å². The van der Waals surface area contributed by atoms with Crippen LogP contribution in [0.5, 0.6) is 0 Å². The Kier molecular flexibility index (Phi) is 3.43. The summed E-state index contributed by atoms with van der Waals surface area (Å²) in [6.07, 6.45) is 5.74. The van der Waals surface area contributed by atoms with Gasteiger partial charge in [-0.3, -0.25) is 0 Å². The molecular weight excluding hydrogens is 328 g/mol. The van der Waals surface area contributed by atoms with E-state index in [0.29, 0.717) is 12.4 Å². The van der Waals surface area contributed by atoms with Gasteiger partial charge in [0.2, 0.25) is 0 Å². The Morgan fingerprint density at radius 3 is 2.65 bits per heavy atom. The van der Waals surface area contributed by atoms with E-state index in [2.05, 4.69) is 22.6 Å². The fourth-order valence-corrected chi connectivity index (χ4v) is 4.67. The van der Waals surface area contributed by atoms with Crippen LogP contribution >= 0.6 is 11.3 Å². The smallest absolute Gasteiger partial charge is 0.256 e. The molecule has 4 nitrogen and oxygen atoms in total. The van der Waals surface area contributed by atoms with Crippen molar-refractivity contribution in [3.8, 4) is 10.4 Å². The topological polar surface area (TPSA) is 49.7 Å². The number of fused-ring (bicyclic) bond motifs is 1. The minimum Gasteiger partial charge on any atom is -0.331 e. The lowest BCUT2D eigenvalue weighted by molar-refractivity contribution is 0.550. The maximum absolute atomic E-state index is 11.8. The van der Waals surface area contributed by atoms with Gasteiger partial charge in [0.05, 0.1) is 5.75 Å². The summed E-state index contributed by atoms with van der Waals surface area (Å²) in [6.45, 7) is 0.450. The first-order chi connectivity index (χ1) is 11.1. The maximum Gasteiger partial charge on any atom is 0.256 e. The summed E-state index contributed by atoms with van der Waals surface area (Å²) in [6, 6.07) is 14.2. The largest absolute Gasteiger partial charge is 0.331 e. The lowest BCUT2D eigenvalue weighted by Gasteiger charge is -2.28. The van der Waals surface area contributed by atoms with E-state index in [9.17, 15) is 8.42 Å². The van der Waals surface area contributed by atoms with Crippen molar-refractivity contribution < 1.29 is 8.42 Å². The number of benzene rings is 1. The molecule has 0 radical (unpaired) electrons. The third-order valence-corrected chi connectivity index (χ3v) is 6.10. The predicted molar refractivity (Wildman–Crippen MR) is 94.8 cm³/mol. The van der Waals surface area contributed by atoms with E-state index < -0.39 is 10.0 Å². The Labute approximate surface area is 139 Å². The first-order valence-corrected chi connectivity index (χ1v) is 9.69. The summed E-state index contributed by atoms with van der Waals surface area (Å²) in [4.78, 5) is 4.08. The second-order valence-electron chi connectivity index (χ2n) is 5.35. The van der Waals surface area contributed by atoms with Gasteiger partial charge in [0.1, 0.15) is 0 Å². The molecule has 3 heterocycles. The van der Waals surface area contributed by atoms with Crippen LogP contribution in [0.2, 0.25) is 0 Å². The van der Waals surface area contributed by atoms with Crippen molar-refractivity contribution >= 4 is 32.8 Å². The number of sulfonamides is 1. The van der Waals surface area contributed by atoms with Gasteiger partial charge in [0, 0.05) is 28.1 Å². The molecule has 1 aromatic heterocycles. The Balaban J connectivity index is 1.76. The fraction of sp³-hybridized carbons (Fsp3) is 0.118. The van der Waals surface area contributed by atoms with Crippen LogP contribution in [0.4, 0.5) is 0 Å². The van der Waals surface area contributed by atoms with Crippen LogP contribution in [0.3, 0.4) is 0 Å². The monoisotopic (exact) mass is 342 g/mol. The summed E-state index contributed by atoms with van der Waals surface area (Å²) in [5.74, 6) is 0.591. The SMILES string of the molecule is O=S1(=O)CCN2C=CC=C(c3ccc(-c4ccccc4)s3)C2=N1. The van der Waals surface area contributed by atoms with E-state index in [1.165, 1.54) is 0 Å². The van der Waals surface area contributed by atoms with Crippen molar-refractivity contribution in [1.29, 1.82) is 0 Å². The Morgan fingerprint density at radius 2 is 1.83 bits per heavy atom. The second kappa shape index (κ2) is 5.47. The lowest BCUT2D eigenvalue weighted by atomic mass is 10.1. The fourth-order valence-electron chi connectivity index (χ4n) is 2.65. The summed E-state index contributed by atoms with van der Waals surface area (Å²) >= 11 is 1.64. The molecule has 0 saturated carbocycles. The van der Waals surface area contributed by atoms with Crippen LogP contribution < -0.4 is 0 Å². The van der Waals surface area contributed by atoms with Gasteiger partial charge in [0.25, 0.3) is 10.0 Å². The highest BCUT2D eigenvalue weighted by molar-refractivity contribution is 7.90. The third kappa shape index (κ3) is 2.75. The summed E-state index contributed by atoms with van der Waals surface area (Å²) in [7, 11) is -3.36. The van der Waals surface area contributed by atoms with E-state index >= 15 is 0 Å². The molecule has 4 rings (SSSR count). The van der Waals surface area contributed by atoms with Crippen LogP contribution in [0, 0.1) is 0 Å². The minimum atomic E-state index is -3.36. The molecule has 0 saturated heterocycles. The van der Waals surface area contributed by atoms with Crippen molar-refractivity contribution in [2.75, 3.05) is 12.3 Å². The molecule has 0 bridgehead atoms. The molecule has 1 aromatic carbocycles. The molecule has 0 aliphatic carbocycles. The molecule has 0 spiro atoms. The molecule has 2 aliphatic rings. The molecule has 0 unspecified atom stereocenters. The zero-order chi connectivity index (χ0) is 15.9. The van der Waals surface area contributed by atoms with Crippen LogP contribution in [-0.4, -0.2) is 31.5 Å². The number of amidine groups is 1. The van der Waals surface area contributed by atoms with Crippen LogP contribution in [0.15, 0.2) is 65.2 Å². The molecule has 0 N–H and O–H groups in total. The zero-order valence-corrected chi connectivity index (χ0v) is 13.8. The zero-order valence-electron chi connectivity index (χ0n) is 12.2. The Bertz CT molecular complexity index is 938. The molecule has 6 heteroatoms. The minimum absolute atomic E-state index is 0.0633. The molecule has 23 heavy (non-hydrogen) atoms. The number of rotatable bonds is 2. The number of thiophene rings is 1. The van der Waals surface area contributed by atoms with Crippen molar-refractivity contribution in [1.82, 2.24) is 4.90 Å². The van der Waals surface area contributed by atoms with Gasteiger partial charge in [-0.1, -0.05) is 30.3 Å². The summed E-state index contributed by atoms with van der Waals surface area (Å²) in [5, 5.41) is 0. The molecule has 2 aromatic rings. The summed E-state index contributed by atoms with van der Waals surface area (Å²) in [5.41, 5.74) is 2.02. The molecule has 0 atom stereocenters. The second-order valence-corrected chi connectivity index (χ2v) is 8.18. The molecule has 116 valence electrons. The predicted octanol–water partition coefficient (Wildman–Crippen LogP) is 3.37. The van der Waals surface area contributed by atoms with Gasteiger partial charge < -0.3 is 4.90 Å². The highest BCUT2D eigenvalue weighted by atomic mass is 32.2. The lowest BCUT2D eigenvalue weighted by Crippen LogP contribution is -2.37. The number of allylic oxidation sites excluding steroid dienone is 2. The number of nitrogens with zero attached hydrogens (tertiary/aromatic N) is 2. The van der Waals surface area contributed by atoms with E-state index in [4.69, 9.17) is 0 Å². The van der Waals surface area contributed by atoms with Gasteiger partial charge in [-0.15, -0.1) is 15.7 Å². The maximum atomic E-state index is 11.8. The van der Waals surface area contributed by atoms with Gasteiger partial charge >= 0.3 is 0 Å². The highest BCUT2D eigenvalue weighted by Crippen LogP contribution is 2.34. The van der Waals surface area contributed by atoms with E-state index in [1.54, 1.807) is 11.3 Å². The van der Waals surface area contributed by atoms with Crippen LogP contribution in [0.1, 0.15) is 4.88 Å². The summed E-state index contributed by atoms with van der Waals surface area (Å²) < 4.78 is 27.7. The normalized spacial score (nSPS) is 19.0. The van der Waals surface area contributed by atoms with Crippen molar-refractivity contribution in [2.45, 2.75) is 0 Å². The Hall–Kier alpha value is -2.18. The highest BCUT2D eigenvalue weighted by Gasteiger charge is 2.28. The van der Waals surface area contributed by atoms with E-state index in [-0.39, 0.29) is 5.75 Å². The van der Waals surface area contributed by atoms with Crippen molar-refractivity contribution in [3.05, 3.63) is 65.7 Å². The van der Waals surface area contributed by atoms with Crippen molar-refractivity contribution in [3.63, 3.8) is 0 Å². The number of hydrogen-bond donors (Lipinski definition) is 0. The van der Waals surface area contributed by atoms with E-state index in [0.717, 1.165) is 20.9 Å². The van der Waals surface area contributed by atoms with Crippen LogP contribution in [0.25, 0.3) is 16.0 Å².